The molecule has 10 heteroatoms. The van der Waals surface area contributed by atoms with Crippen LogP contribution in [-0.2, 0) is 25.1 Å². The van der Waals surface area contributed by atoms with E-state index in [1.165, 1.54) is 37.8 Å². The summed E-state index contributed by atoms with van der Waals surface area (Å²) in [7, 11) is -2.46. The number of aromatic nitrogens is 1. The maximum Gasteiger partial charge on any atom is 0.368 e. The molecule has 0 saturated carbocycles. The third kappa shape index (κ3) is 3.45. The van der Waals surface area contributed by atoms with Crippen molar-refractivity contribution in [2.45, 2.75) is 16.9 Å². The van der Waals surface area contributed by atoms with Crippen LogP contribution in [0.1, 0.15) is 17.5 Å². The molecule has 1 aliphatic rings. The molecule has 1 aliphatic heterocycles. The lowest BCUT2D eigenvalue weighted by Crippen LogP contribution is -2.12. The molecule has 0 atom stereocenters. The average Bonchev–Trinajstić information content (AvgIpc) is 3.16. The van der Waals surface area contributed by atoms with Crippen molar-refractivity contribution in [1.82, 2.24) is 4.98 Å². The number of benzene rings is 1. The number of hydrogen-bond donors (Lipinski definition) is 0. The van der Waals surface area contributed by atoms with Crippen LogP contribution in [0.15, 0.2) is 53.8 Å². The van der Waals surface area contributed by atoms with Gasteiger partial charge in [-0.25, -0.2) is 8.42 Å². The minimum absolute atomic E-state index is 0.0464. The summed E-state index contributed by atoms with van der Waals surface area (Å²) in [6.45, 7) is 0. The SMILES string of the molecule is COc1cc(CS(=O)(=O)c2ccccc2)c([N+](=O)[O-])nc1C1OC=CO1. The van der Waals surface area contributed by atoms with Crippen LogP contribution in [0.25, 0.3) is 0 Å². The molecule has 0 spiro atoms. The summed E-state index contributed by atoms with van der Waals surface area (Å²) < 4.78 is 40.6. The molecule has 1 aromatic heterocycles. The fourth-order valence-electron chi connectivity index (χ4n) is 2.42. The van der Waals surface area contributed by atoms with Crippen LogP contribution in [0.3, 0.4) is 0 Å². The van der Waals surface area contributed by atoms with Crippen molar-refractivity contribution >= 4 is 15.7 Å². The zero-order chi connectivity index (χ0) is 18.7. The highest BCUT2D eigenvalue weighted by Crippen LogP contribution is 2.35. The monoisotopic (exact) mass is 378 g/mol. The van der Waals surface area contributed by atoms with E-state index in [0.29, 0.717) is 0 Å². The first-order chi connectivity index (χ1) is 12.4. The van der Waals surface area contributed by atoms with Crippen LogP contribution in [0.2, 0.25) is 0 Å². The second kappa shape index (κ2) is 7.00. The molecule has 0 unspecified atom stereocenters. The van der Waals surface area contributed by atoms with Gasteiger partial charge >= 0.3 is 12.1 Å². The first-order valence-electron chi connectivity index (χ1n) is 7.38. The van der Waals surface area contributed by atoms with E-state index in [1.54, 1.807) is 18.2 Å². The number of nitro groups is 1. The molecule has 0 aliphatic carbocycles. The molecule has 0 radical (unpaired) electrons. The predicted octanol–water partition coefficient (Wildman–Crippen LogP) is 2.49. The molecule has 1 aromatic carbocycles. The van der Waals surface area contributed by atoms with E-state index in [1.807, 2.05) is 0 Å². The van der Waals surface area contributed by atoms with E-state index < -0.39 is 32.6 Å². The van der Waals surface area contributed by atoms with E-state index in [4.69, 9.17) is 14.2 Å². The first kappa shape index (κ1) is 17.7. The molecule has 3 rings (SSSR count). The van der Waals surface area contributed by atoms with E-state index >= 15 is 0 Å². The highest BCUT2D eigenvalue weighted by Gasteiger charge is 2.33. The van der Waals surface area contributed by atoms with Crippen LogP contribution < -0.4 is 4.74 Å². The third-order valence-electron chi connectivity index (χ3n) is 3.60. The van der Waals surface area contributed by atoms with Crippen LogP contribution in [-0.4, -0.2) is 25.4 Å². The van der Waals surface area contributed by atoms with Gasteiger partial charge in [-0.3, -0.25) is 0 Å². The molecule has 136 valence electrons. The Kier molecular flexibility index (Phi) is 4.76. The molecule has 0 saturated heterocycles. The molecule has 2 heterocycles. The molecular formula is C16H14N2O7S. The van der Waals surface area contributed by atoms with E-state index in [-0.39, 0.29) is 21.9 Å². The number of ether oxygens (including phenoxy) is 3. The number of rotatable bonds is 6. The van der Waals surface area contributed by atoms with E-state index in [9.17, 15) is 18.5 Å². The zero-order valence-corrected chi connectivity index (χ0v) is 14.4. The van der Waals surface area contributed by atoms with Crippen molar-refractivity contribution in [3.8, 4) is 5.75 Å². The van der Waals surface area contributed by atoms with Gasteiger partial charge in [0, 0.05) is 0 Å². The quantitative estimate of drug-likeness (QED) is 0.556. The average molecular weight is 378 g/mol. The summed E-state index contributed by atoms with van der Waals surface area (Å²) in [6, 6.07) is 8.94. The largest absolute Gasteiger partial charge is 0.492 e. The lowest BCUT2D eigenvalue weighted by molar-refractivity contribution is -0.390. The Balaban J connectivity index is 2.05. The van der Waals surface area contributed by atoms with Crippen LogP contribution in [0.4, 0.5) is 5.82 Å². The fourth-order valence-corrected chi connectivity index (χ4v) is 3.78. The molecule has 0 fully saturated rings. The van der Waals surface area contributed by atoms with Gasteiger partial charge in [-0.05, 0) is 28.1 Å². The second-order valence-electron chi connectivity index (χ2n) is 5.26. The minimum atomic E-state index is -3.80. The van der Waals surface area contributed by atoms with Gasteiger partial charge in [-0.15, -0.1) is 0 Å². The summed E-state index contributed by atoms with van der Waals surface area (Å²) in [4.78, 5) is 14.7. The summed E-state index contributed by atoms with van der Waals surface area (Å²) in [5.74, 6) is -1.07. The van der Waals surface area contributed by atoms with Gasteiger partial charge < -0.3 is 24.3 Å². The summed E-state index contributed by atoms with van der Waals surface area (Å²) in [6.07, 6.45) is 1.54. The summed E-state index contributed by atoms with van der Waals surface area (Å²) in [5.41, 5.74) is -0.0459. The van der Waals surface area contributed by atoms with Gasteiger partial charge in [-0.1, -0.05) is 18.2 Å². The van der Waals surface area contributed by atoms with Gasteiger partial charge in [0.2, 0.25) is 0 Å². The van der Waals surface area contributed by atoms with Crippen molar-refractivity contribution in [3.63, 3.8) is 0 Å². The molecular weight excluding hydrogens is 364 g/mol. The van der Waals surface area contributed by atoms with Crippen LogP contribution in [0, 0.1) is 10.1 Å². The molecule has 0 amide bonds. The summed E-state index contributed by atoms with van der Waals surface area (Å²) >= 11 is 0. The number of nitrogens with zero attached hydrogens (tertiary/aromatic N) is 2. The van der Waals surface area contributed by atoms with Crippen LogP contribution >= 0.6 is 0 Å². The molecule has 0 bridgehead atoms. The molecule has 9 nitrogen and oxygen atoms in total. The highest BCUT2D eigenvalue weighted by molar-refractivity contribution is 7.90. The van der Waals surface area contributed by atoms with Crippen molar-refractivity contribution in [2.24, 2.45) is 0 Å². The van der Waals surface area contributed by atoms with E-state index in [2.05, 4.69) is 4.98 Å². The number of sulfone groups is 1. The van der Waals surface area contributed by atoms with Gasteiger partial charge in [0.05, 0.1) is 23.3 Å². The number of hydrogen-bond acceptors (Lipinski definition) is 8. The summed E-state index contributed by atoms with van der Waals surface area (Å²) in [5, 5.41) is 11.4. The Bertz CT molecular complexity index is 950. The maximum atomic E-state index is 12.6. The molecule has 0 N–H and O–H groups in total. The van der Waals surface area contributed by atoms with Gasteiger partial charge in [0.25, 0.3) is 5.69 Å². The van der Waals surface area contributed by atoms with Crippen molar-refractivity contribution in [2.75, 3.05) is 7.11 Å². The Morgan fingerprint density at radius 2 is 1.88 bits per heavy atom. The third-order valence-corrected chi connectivity index (χ3v) is 5.28. The predicted molar refractivity (Wildman–Crippen MR) is 88.8 cm³/mol. The van der Waals surface area contributed by atoms with Gasteiger partial charge in [0.15, 0.2) is 15.6 Å². The first-order valence-corrected chi connectivity index (χ1v) is 9.03. The Hall–Kier alpha value is -3.14. The van der Waals surface area contributed by atoms with Crippen LogP contribution in [0.5, 0.6) is 5.75 Å². The standard InChI is InChI=1S/C16H14N2O7S/c1-23-13-9-11(10-26(21,22)12-5-3-2-4-6-12)15(18(19)20)17-14(13)16-24-7-8-25-16/h2-9,16H,10H2,1H3. The fraction of sp³-hybridized carbons (Fsp3) is 0.188. The Morgan fingerprint density at radius 1 is 1.23 bits per heavy atom. The lowest BCUT2D eigenvalue weighted by atomic mass is 10.2. The van der Waals surface area contributed by atoms with E-state index in [0.717, 1.165) is 0 Å². The van der Waals surface area contributed by atoms with Crippen molar-refractivity contribution < 1.29 is 27.6 Å². The lowest BCUT2D eigenvalue weighted by Gasteiger charge is -2.12. The number of methoxy groups -OCH3 is 1. The molecule has 26 heavy (non-hydrogen) atoms. The van der Waals surface area contributed by atoms with Gasteiger partial charge in [0.1, 0.15) is 12.5 Å². The van der Waals surface area contributed by atoms with Gasteiger partial charge in [-0.2, -0.15) is 0 Å². The number of pyridine rings is 1. The molecule has 2 aromatic rings. The highest BCUT2D eigenvalue weighted by atomic mass is 32.2. The smallest absolute Gasteiger partial charge is 0.368 e. The maximum absolute atomic E-state index is 12.6. The topological polar surface area (TPSA) is 118 Å². The van der Waals surface area contributed by atoms with Crippen molar-refractivity contribution in [3.05, 3.63) is 70.3 Å². The Labute approximate surface area is 148 Å². The zero-order valence-electron chi connectivity index (χ0n) is 13.6. The minimum Gasteiger partial charge on any atom is -0.492 e. The second-order valence-corrected chi connectivity index (χ2v) is 7.25. The Morgan fingerprint density at radius 3 is 2.46 bits per heavy atom. The van der Waals surface area contributed by atoms with Crippen molar-refractivity contribution in [1.29, 1.82) is 0 Å². The normalized spacial score (nSPS) is 13.9.